The van der Waals surface area contributed by atoms with Gasteiger partial charge >= 0.3 is 5.97 Å². The van der Waals surface area contributed by atoms with E-state index in [2.05, 4.69) is 16.8 Å². The summed E-state index contributed by atoms with van der Waals surface area (Å²) < 4.78 is 4.96. The lowest BCUT2D eigenvalue weighted by Gasteiger charge is -2.34. The number of ether oxygens (including phenoxy) is 1. The van der Waals surface area contributed by atoms with Crippen molar-refractivity contribution < 1.29 is 9.53 Å². The number of carbonyl (C=O) groups excluding carboxylic acids is 1. The van der Waals surface area contributed by atoms with Crippen molar-refractivity contribution in [3.63, 3.8) is 0 Å². The highest BCUT2D eigenvalue weighted by molar-refractivity contribution is 7.11. The van der Waals surface area contributed by atoms with Crippen LogP contribution in [0.3, 0.4) is 0 Å². The predicted molar refractivity (Wildman–Crippen MR) is 79.7 cm³/mol. The molecule has 1 aliphatic rings. The normalized spacial score (nSPS) is 21.6. The number of likely N-dealkylation sites (tertiary alicyclic amines) is 1. The van der Waals surface area contributed by atoms with Crippen molar-refractivity contribution in [1.29, 1.82) is 0 Å². The SMILES string of the molecule is CCOC(=O)c1nc(CN2CCCC(C(C)N)C2)cs1. The minimum absolute atomic E-state index is 0.239. The van der Waals surface area contributed by atoms with Gasteiger partial charge in [-0.2, -0.15) is 0 Å². The molecule has 2 heterocycles. The van der Waals surface area contributed by atoms with Crippen LogP contribution in [-0.2, 0) is 11.3 Å². The third-order valence-electron chi connectivity index (χ3n) is 3.67. The molecule has 1 aromatic heterocycles. The zero-order valence-electron chi connectivity index (χ0n) is 12.2. The molecule has 0 aromatic carbocycles. The Morgan fingerprint density at radius 1 is 1.70 bits per heavy atom. The van der Waals surface area contributed by atoms with Crippen LogP contribution in [0.25, 0.3) is 0 Å². The largest absolute Gasteiger partial charge is 0.461 e. The van der Waals surface area contributed by atoms with E-state index < -0.39 is 0 Å². The Balaban J connectivity index is 1.91. The number of nitrogens with zero attached hydrogens (tertiary/aromatic N) is 2. The lowest BCUT2D eigenvalue weighted by atomic mass is 9.92. The van der Waals surface area contributed by atoms with Crippen LogP contribution in [0.2, 0.25) is 0 Å². The van der Waals surface area contributed by atoms with Crippen LogP contribution < -0.4 is 5.73 Å². The fraction of sp³-hybridized carbons (Fsp3) is 0.714. The van der Waals surface area contributed by atoms with Crippen molar-refractivity contribution in [2.24, 2.45) is 11.7 Å². The summed E-state index contributed by atoms with van der Waals surface area (Å²) in [6, 6.07) is 0.239. The van der Waals surface area contributed by atoms with E-state index in [0.717, 1.165) is 25.3 Å². The summed E-state index contributed by atoms with van der Waals surface area (Å²) in [5.74, 6) is 0.239. The van der Waals surface area contributed by atoms with Gasteiger partial charge in [-0.05, 0) is 39.2 Å². The third kappa shape index (κ3) is 4.01. The Morgan fingerprint density at radius 3 is 3.20 bits per heavy atom. The van der Waals surface area contributed by atoms with E-state index in [0.29, 0.717) is 17.5 Å². The van der Waals surface area contributed by atoms with Crippen molar-refractivity contribution in [3.05, 3.63) is 16.1 Å². The zero-order valence-corrected chi connectivity index (χ0v) is 13.0. The quantitative estimate of drug-likeness (QED) is 0.840. The Kier molecular flexibility index (Phi) is 5.51. The second kappa shape index (κ2) is 7.15. The first-order valence-electron chi connectivity index (χ1n) is 7.19. The van der Waals surface area contributed by atoms with Gasteiger partial charge in [-0.15, -0.1) is 11.3 Å². The molecule has 0 saturated carbocycles. The van der Waals surface area contributed by atoms with Gasteiger partial charge in [0.1, 0.15) is 0 Å². The van der Waals surface area contributed by atoms with Crippen LogP contribution in [0.5, 0.6) is 0 Å². The molecule has 0 spiro atoms. The first-order valence-corrected chi connectivity index (χ1v) is 8.07. The van der Waals surface area contributed by atoms with Crippen LogP contribution in [0, 0.1) is 5.92 Å². The van der Waals surface area contributed by atoms with Crippen molar-refractivity contribution >= 4 is 17.3 Å². The van der Waals surface area contributed by atoms with E-state index in [1.165, 1.54) is 24.2 Å². The maximum Gasteiger partial charge on any atom is 0.367 e. The topological polar surface area (TPSA) is 68.5 Å². The standard InChI is InChI=1S/C14H23N3O2S/c1-3-19-14(18)13-16-12(9-20-13)8-17-6-4-5-11(7-17)10(2)15/h9-11H,3-8,15H2,1-2H3. The molecule has 1 aliphatic heterocycles. The van der Waals surface area contributed by atoms with E-state index in [1.807, 2.05) is 5.38 Å². The second-order valence-corrected chi connectivity index (χ2v) is 6.22. The van der Waals surface area contributed by atoms with E-state index in [4.69, 9.17) is 10.5 Å². The van der Waals surface area contributed by atoms with Gasteiger partial charge in [-0.1, -0.05) is 0 Å². The van der Waals surface area contributed by atoms with Crippen molar-refractivity contribution in [3.8, 4) is 0 Å². The predicted octanol–water partition coefficient (Wildman–Crippen LogP) is 1.88. The average Bonchev–Trinajstić information content (AvgIpc) is 2.88. The maximum atomic E-state index is 11.6. The molecule has 0 radical (unpaired) electrons. The fourth-order valence-electron chi connectivity index (χ4n) is 2.56. The third-order valence-corrected chi connectivity index (χ3v) is 4.54. The summed E-state index contributed by atoms with van der Waals surface area (Å²) in [5, 5.41) is 2.39. The van der Waals surface area contributed by atoms with Crippen LogP contribution in [0.15, 0.2) is 5.38 Å². The van der Waals surface area contributed by atoms with Gasteiger partial charge in [0.2, 0.25) is 5.01 Å². The molecule has 0 aliphatic carbocycles. The molecule has 1 saturated heterocycles. The minimum Gasteiger partial charge on any atom is -0.461 e. The lowest BCUT2D eigenvalue weighted by Crippen LogP contribution is -2.41. The van der Waals surface area contributed by atoms with Gasteiger partial charge in [0.05, 0.1) is 12.3 Å². The number of aromatic nitrogens is 1. The first kappa shape index (κ1) is 15.4. The number of rotatable bonds is 5. The number of nitrogens with two attached hydrogens (primary N) is 1. The van der Waals surface area contributed by atoms with Gasteiger partial charge in [0, 0.05) is 24.5 Å². The van der Waals surface area contributed by atoms with Crippen molar-refractivity contribution in [1.82, 2.24) is 9.88 Å². The highest BCUT2D eigenvalue weighted by Crippen LogP contribution is 2.21. The van der Waals surface area contributed by atoms with E-state index in [-0.39, 0.29) is 12.0 Å². The summed E-state index contributed by atoms with van der Waals surface area (Å²) in [4.78, 5) is 18.3. The van der Waals surface area contributed by atoms with Gasteiger partial charge in [-0.25, -0.2) is 9.78 Å². The molecule has 2 rings (SSSR count). The molecule has 0 amide bonds. The van der Waals surface area contributed by atoms with Gasteiger partial charge in [0.25, 0.3) is 0 Å². The Labute approximate surface area is 124 Å². The molecule has 2 N–H and O–H groups in total. The van der Waals surface area contributed by atoms with Gasteiger partial charge < -0.3 is 10.5 Å². The lowest BCUT2D eigenvalue weighted by molar-refractivity contribution is 0.0525. The molecule has 6 heteroatoms. The number of hydrogen-bond acceptors (Lipinski definition) is 6. The highest BCUT2D eigenvalue weighted by atomic mass is 32.1. The van der Waals surface area contributed by atoms with Crippen LogP contribution >= 0.6 is 11.3 Å². The molecule has 112 valence electrons. The highest BCUT2D eigenvalue weighted by Gasteiger charge is 2.23. The summed E-state index contributed by atoms with van der Waals surface area (Å²) in [6.07, 6.45) is 2.39. The van der Waals surface area contributed by atoms with E-state index in [1.54, 1.807) is 6.92 Å². The zero-order chi connectivity index (χ0) is 14.5. The molecular formula is C14H23N3O2S. The Morgan fingerprint density at radius 2 is 2.50 bits per heavy atom. The van der Waals surface area contributed by atoms with Crippen LogP contribution in [-0.4, -0.2) is 41.6 Å². The monoisotopic (exact) mass is 297 g/mol. The van der Waals surface area contributed by atoms with E-state index in [9.17, 15) is 4.79 Å². The molecule has 5 nitrogen and oxygen atoms in total. The Bertz CT molecular complexity index is 447. The summed E-state index contributed by atoms with van der Waals surface area (Å²) in [7, 11) is 0. The van der Waals surface area contributed by atoms with E-state index >= 15 is 0 Å². The van der Waals surface area contributed by atoms with Crippen molar-refractivity contribution in [2.75, 3.05) is 19.7 Å². The smallest absolute Gasteiger partial charge is 0.367 e. The molecule has 2 atom stereocenters. The number of esters is 1. The average molecular weight is 297 g/mol. The first-order chi connectivity index (χ1) is 9.60. The van der Waals surface area contributed by atoms with Crippen LogP contribution in [0.1, 0.15) is 42.2 Å². The summed E-state index contributed by atoms with van der Waals surface area (Å²) in [6.45, 7) is 7.15. The molecule has 20 heavy (non-hydrogen) atoms. The number of carbonyl (C=O) groups is 1. The van der Waals surface area contributed by atoms with Gasteiger partial charge in [-0.3, -0.25) is 4.90 Å². The summed E-state index contributed by atoms with van der Waals surface area (Å²) >= 11 is 1.36. The molecule has 2 unspecified atom stereocenters. The second-order valence-electron chi connectivity index (χ2n) is 5.36. The molecule has 1 aromatic rings. The van der Waals surface area contributed by atoms with Gasteiger partial charge in [0.15, 0.2) is 0 Å². The maximum absolute atomic E-state index is 11.6. The molecule has 0 bridgehead atoms. The summed E-state index contributed by atoms with van der Waals surface area (Å²) in [5.41, 5.74) is 6.95. The minimum atomic E-state index is -0.323. The van der Waals surface area contributed by atoms with Crippen molar-refractivity contribution in [2.45, 2.75) is 39.3 Å². The number of hydrogen-bond donors (Lipinski definition) is 1. The fourth-order valence-corrected chi connectivity index (χ4v) is 3.26. The number of thiazole rings is 1. The molecule has 1 fully saturated rings. The molecular weight excluding hydrogens is 274 g/mol. The van der Waals surface area contributed by atoms with Crippen LogP contribution in [0.4, 0.5) is 0 Å². The number of piperidine rings is 1. The Hall–Kier alpha value is -0.980.